The number of nitriles is 1. The van der Waals surface area contributed by atoms with Crippen molar-refractivity contribution < 1.29 is 9.59 Å². The Kier molecular flexibility index (Phi) is 7.04. The van der Waals surface area contributed by atoms with Gasteiger partial charge in [0.2, 0.25) is 5.91 Å². The molecule has 0 spiro atoms. The highest BCUT2D eigenvalue weighted by molar-refractivity contribution is 6.01. The number of ketones is 1. The molecule has 1 aromatic rings. The lowest BCUT2D eigenvalue weighted by atomic mass is 9.95. The zero-order valence-corrected chi connectivity index (χ0v) is 13.2. The first-order valence-electron chi connectivity index (χ1n) is 7.51. The van der Waals surface area contributed by atoms with E-state index in [0.29, 0.717) is 29.0 Å². The van der Waals surface area contributed by atoms with Gasteiger partial charge in [-0.25, -0.2) is 0 Å². The van der Waals surface area contributed by atoms with E-state index in [1.54, 1.807) is 24.3 Å². The van der Waals surface area contributed by atoms with E-state index in [-0.39, 0.29) is 18.2 Å². The third-order valence-electron chi connectivity index (χ3n) is 3.76. The monoisotopic (exact) mass is 298 g/mol. The Morgan fingerprint density at radius 2 is 1.82 bits per heavy atom. The Labute approximate surface area is 131 Å². The van der Waals surface area contributed by atoms with E-state index in [1.807, 2.05) is 6.07 Å². The van der Waals surface area contributed by atoms with Gasteiger partial charge in [0.05, 0.1) is 18.2 Å². The van der Waals surface area contributed by atoms with Crippen LogP contribution in [0.3, 0.4) is 0 Å². The molecule has 0 saturated heterocycles. The SMILES string of the molecule is C=C(CC(CC)CC)C(=O)NCC(=O)c1ccc(C#N)cc1. The maximum atomic E-state index is 12.0. The summed E-state index contributed by atoms with van der Waals surface area (Å²) in [5, 5.41) is 11.3. The van der Waals surface area contributed by atoms with E-state index in [0.717, 1.165) is 12.8 Å². The van der Waals surface area contributed by atoms with Crippen molar-refractivity contribution in [2.45, 2.75) is 33.1 Å². The van der Waals surface area contributed by atoms with Gasteiger partial charge in [0, 0.05) is 11.1 Å². The smallest absolute Gasteiger partial charge is 0.246 e. The average molecular weight is 298 g/mol. The van der Waals surface area contributed by atoms with Crippen molar-refractivity contribution in [3.05, 3.63) is 47.5 Å². The fourth-order valence-electron chi connectivity index (χ4n) is 2.14. The van der Waals surface area contributed by atoms with Crippen LogP contribution in [0, 0.1) is 17.2 Å². The van der Waals surface area contributed by atoms with Gasteiger partial charge in [-0.2, -0.15) is 5.26 Å². The quantitative estimate of drug-likeness (QED) is 0.591. The second-order valence-electron chi connectivity index (χ2n) is 5.29. The van der Waals surface area contributed by atoms with Gasteiger partial charge in [-0.1, -0.05) is 45.4 Å². The number of carbonyl (C=O) groups excluding carboxylic acids is 2. The highest BCUT2D eigenvalue weighted by atomic mass is 16.2. The predicted octanol–water partition coefficient (Wildman–Crippen LogP) is 3.24. The molecule has 4 nitrogen and oxygen atoms in total. The average Bonchev–Trinajstić information content (AvgIpc) is 2.56. The molecule has 0 fully saturated rings. The maximum Gasteiger partial charge on any atom is 0.246 e. The Bertz CT molecular complexity index is 578. The molecule has 0 aliphatic rings. The Hall–Kier alpha value is -2.41. The summed E-state index contributed by atoms with van der Waals surface area (Å²) < 4.78 is 0. The summed E-state index contributed by atoms with van der Waals surface area (Å²) in [6.07, 6.45) is 2.67. The van der Waals surface area contributed by atoms with E-state index in [9.17, 15) is 9.59 Å². The lowest BCUT2D eigenvalue weighted by Gasteiger charge is -2.13. The third kappa shape index (κ3) is 5.17. The first kappa shape index (κ1) is 17.6. The van der Waals surface area contributed by atoms with E-state index in [1.165, 1.54) is 0 Å². The van der Waals surface area contributed by atoms with Crippen LogP contribution in [0.5, 0.6) is 0 Å². The minimum absolute atomic E-state index is 0.0628. The predicted molar refractivity (Wildman–Crippen MR) is 86.3 cm³/mol. The number of amides is 1. The summed E-state index contributed by atoms with van der Waals surface area (Å²) in [7, 11) is 0. The van der Waals surface area contributed by atoms with E-state index in [2.05, 4.69) is 25.7 Å². The van der Waals surface area contributed by atoms with Crippen LogP contribution >= 0.6 is 0 Å². The fraction of sp³-hybridized carbons (Fsp3) is 0.389. The van der Waals surface area contributed by atoms with Crippen LogP contribution in [0.15, 0.2) is 36.4 Å². The first-order chi connectivity index (χ1) is 10.5. The van der Waals surface area contributed by atoms with Crippen LogP contribution in [-0.4, -0.2) is 18.2 Å². The van der Waals surface area contributed by atoms with Crippen molar-refractivity contribution in [3.8, 4) is 6.07 Å². The Morgan fingerprint density at radius 3 is 2.32 bits per heavy atom. The summed E-state index contributed by atoms with van der Waals surface area (Å²) in [5.74, 6) is -0.00505. The third-order valence-corrected chi connectivity index (χ3v) is 3.76. The summed E-state index contributed by atoms with van der Waals surface area (Å²) >= 11 is 0. The van der Waals surface area contributed by atoms with Gasteiger partial charge >= 0.3 is 0 Å². The molecule has 0 aliphatic carbocycles. The lowest BCUT2D eigenvalue weighted by molar-refractivity contribution is -0.117. The zero-order valence-electron chi connectivity index (χ0n) is 13.2. The molecular formula is C18H22N2O2. The van der Waals surface area contributed by atoms with Crippen molar-refractivity contribution in [2.75, 3.05) is 6.54 Å². The van der Waals surface area contributed by atoms with Gasteiger partial charge in [-0.05, 0) is 24.5 Å². The first-order valence-corrected chi connectivity index (χ1v) is 7.51. The Morgan fingerprint density at radius 1 is 1.23 bits per heavy atom. The van der Waals surface area contributed by atoms with Crippen molar-refractivity contribution >= 4 is 11.7 Å². The second-order valence-corrected chi connectivity index (χ2v) is 5.29. The molecule has 0 heterocycles. The molecular weight excluding hydrogens is 276 g/mol. The number of nitrogens with zero attached hydrogens (tertiary/aromatic N) is 1. The number of Topliss-reactive ketones (excluding diaryl/α,β-unsaturated/α-hetero) is 1. The van der Waals surface area contributed by atoms with Crippen LogP contribution < -0.4 is 5.32 Å². The molecule has 116 valence electrons. The van der Waals surface area contributed by atoms with Crippen molar-refractivity contribution in [2.24, 2.45) is 5.92 Å². The van der Waals surface area contributed by atoms with Crippen LogP contribution in [-0.2, 0) is 4.79 Å². The number of rotatable bonds is 8. The normalized spacial score (nSPS) is 10.1. The number of hydrogen-bond donors (Lipinski definition) is 1. The molecule has 0 aliphatic heterocycles. The fourth-order valence-corrected chi connectivity index (χ4v) is 2.14. The van der Waals surface area contributed by atoms with Crippen LogP contribution in [0.25, 0.3) is 0 Å². The molecule has 1 aromatic carbocycles. The van der Waals surface area contributed by atoms with Crippen molar-refractivity contribution in [1.29, 1.82) is 5.26 Å². The van der Waals surface area contributed by atoms with Gasteiger partial charge in [0.1, 0.15) is 0 Å². The number of benzene rings is 1. The number of nitrogens with one attached hydrogen (secondary N) is 1. The van der Waals surface area contributed by atoms with Crippen LogP contribution in [0.4, 0.5) is 0 Å². The molecule has 22 heavy (non-hydrogen) atoms. The number of hydrogen-bond acceptors (Lipinski definition) is 3. The highest BCUT2D eigenvalue weighted by Gasteiger charge is 2.14. The van der Waals surface area contributed by atoms with E-state index < -0.39 is 0 Å². The lowest BCUT2D eigenvalue weighted by Crippen LogP contribution is -2.31. The van der Waals surface area contributed by atoms with Gasteiger partial charge < -0.3 is 5.32 Å². The molecule has 1 rings (SSSR count). The molecule has 0 atom stereocenters. The topological polar surface area (TPSA) is 70.0 Å². The van der Waals surface area contributed by atoms with Crippen molar-refractivity contribution in [1.82, 2.24) is 5.32 Å². The minimum Gasteiger partial charge on any atom is -0.345 e. The largest absolute Gasteiger partial charge is 0.345 e. The van der Waals surface area contributed by atoms with Gasteiger partial charge in [0.15, 0.2) is 5.78 Å². The molecule has 0 aromatic heterocycles. The highest BCUT2D eigenvalue weighted by Crippen LogP contribution is 2.17. The molecule has 1 N–H and O–H groups in total. The van der Waals surface area contributed by atoms with Crippen LogP contribution in [0.1, 0.15) is 49.0 Å². The molecule has 1 amide bonds. The molecule has 0 radical (unpaired) electrons. The molecule has 0 saturated carbocycles. The maximum absolute atomic E-state index is 12.0. The van der Waals surface area contributed by atoms with Crippen LogP contribution in [0.2, 0.25) is 0 Å². The van der Waals surface area contributed by atoms with Gasteiger partial charge in [-0.3, -0.25) is 9.59 Å². The molecule has 0 bridgehead atoms. The standard InChI is InChI=1S/C18H22N2O2/c1-4-14(5-2)10-13(3)18(22)20-12-17(21)16-8-6-15(11-19)7-9-16/h6-9,14H,3-5,10,12H2,1-2H3,(H,20,22). The molecule has 4 heteroatoms. The number of carbonyl (C=O) groups is 2. The minimum atomic E-state index is -0.270. The van der Waals surface area contributed by atoms with Gasteiger partial charge in [0.25, 0.3) is 0 Å². The summed E-state index contributed by atoms with van der Waals surface area (Å²) in [6.45, 7) is 7.92. The van der Waals surface area contributed by atoms with Gasteiger partial charge in [-0.15, -0.1) is 0 Å². The molecule has 0 unspecified atom stereocenters. The zero-order chi connectivity index (χ0) is 16.5. The second kappa shape index (κ2) is 8.78. The summed E-state index contributed by atoms with van der Waals surface area (Å²) in [4.78, 5) is 23.9. The van der Waals surface area contributed by atoms with E-state index in [4.69, 9.17) is 5.26 Å². The van der Waals surface area contributed by atoms with E-state index >= 15 is 0 Å². The summed E-state index contributed by atoms with van der Waals surface area (Å²) in [5.41, 5.74) is 1.49. The summed E-state index contributed by atoms with van der Waals surface area (Å²) in [6, 6.07) is 8.34. The van der Waals surface area contributed by atoms with Crippen molar-refractivity contribution in [3.63, 3.8) is 0 Å². The Balaban J connectivity index is 2.50.